The third kappa shape index (κ3) is 2.63. The Bertz CT molecular complexity index is 300. The van der Waals surface area contributed by atoms with E-state index in [0.29, 0.717) is 12.4 Å². The molecule has 0 atom stereocenters. The summed E-state index contributed by atoms with van der Waals surface area (Å²) in [7, 11) is 0. The third-order valence-electron chi connectivity index (χ3n) is 1.46. The van der Waals surface area contributed by atoms with Gasteiger partial charge in [-0.3, -0.25) is 0 Å². The van der Waals surface area contributed by atoms with Gasteiger partial charge in [-0.05, 0) is 24.3 Å². The summed E-state index contributed by atoms with van der Waals surface area (Å²) in [6, 6.07) is 6.03. The molecule has 0 bridgehead atoms. The zero-order chi connectivity index (χ0) is 9.68. The fraction of sp³-hybridized carbons (Fsp3) is 0.100. The number of hydrogen-bond donors (Lipinski definition) is 0. The first kappa shape index (κ1) is 9.32. The molecule has 1 radical (unpaired) electrons. The van der Waals surface area contributed by atoms with Gasteiger partial charge in [-0.1, -0.05) is 12.7 Å². The molecule has 0 aliphatic carbocycles. The van der Waals surface area contributed by atoms with Crippen LogP contribution in [0, 0.1) is 0 Å². The highest BCUT2D eigenvalue weighted by molar-refractivity contribution is 5.87. The van der Waals surface area contributed by atoms with Crippen molar-refractivity contribution in [1.29, 1.82) is 0 Å². The molecule has 1 aromatic carbocycles. The van der Waals surface area contributed by atoms with Crippen LogP contribution in [0.3, 0.4) is 0 Å². The van der Waals surface area contributed by atoms with Crippen LogP contribution in [0.15, 0.2) is 36.9 Å². The van der Waals surface area contributed by atoms with Gasteiger partial charge in [0.05, 0.1) is 5.56 Å². The van der Waals surface area contributed by atoms with Crippen molar-refractivity contribution in [3.05, 3.63) is 42.5 Å². The van der Waals surface area contributed by atoms with Crippen LogP contribution in [0.2, 0.25) is 0 Å². The number of benzene rings is 1. The zero-order valence-electron chi connectivity index (χ0n) is 7.03. The summed E-state index contributed by atoms with van der Waals surface area (Å²) in [5, 5.41) is 10.4. The minimum atomic E-state index is -1.18. The normalized spacial score (nSPS) is 9.23. The number of carbonyl (C=O) groups excluding carboxylic acids is 1. The Balaban J connectivity index is 2.69. The molecule has 0 fully saturated rings. The van der Waals surface area contributed by atoms with Gasteiger partial charge in [0.25, 0.3) is 0 Å². The first-order valence-electron chi connectivity index (χ1n) is 3.79. The Morgan fingerprint density at radius 3 is 2.46 bits per heavy atom. The predicted molar refractivity (Wildman–Crippen MR) is 47.2 cm³/mol. The molecule has 3 heteroatoms. The molecule has 0 unspecified atom stereocenters. The Morgan fingerprint density at radius 2 is 2.00 bits per heavy atom. The maximum Gasteiger partial charge on any atom is 0.386 e. The SMILES string of the molecule is C=CCOc1ccc(C([O])=O)cc1. The van der Waals surface area contributed by atoms with Gasteiger partial charge in [0.2, 0.25) is 0 Å². The molecule has 67 valence electrons. The van der Waals surface area contributed by atoms with E-state index in [9.17, 15) is 9.90 Å². The average Bonchev–Trinajstić information content (AvgIpc) is 2.15. The van der Waals surface area contributed by atoms with E-state index < -0.39 is 5.97 Å². The van der Waals surface area contributed by atoms with Crippen molar-refractivity contribution in [2.24, 2.45) is 0 Å². The van der Waals surface area contributed by atoms with Gasteiger partial charge in [-0.2, -0.15) is 0 Å². The number of hydrogen-bond acceptors (Lipinski definition) is 2. The Kier molecular flexibility index (Phi) is 3.09. The number of ether oxygens (including phenoxy) is 1. The van der Waals surface area contributed by atoms with Crippen molar-refractivity contribution in [2.75, 3.05) is 6.61 Å². The minimum absolute atomic E-state index is 0.144. The van der Waals surface area contributed by atoms with Gasteiger partial charge in [-0.25, -0.2) is 9.90 Å². The molecule has 3 nitrogen and oxygen atoms in total. The Morgan fingerprint density at radius 1 is 1.38 bits per heavy atom. The van der Waals surface area contributed by atoms with Crippen LogP contribution in [0.5, 0.6) is 5.75 Å². The van der Waals surface area contributed by atoms with Crippen LogP contribution < -0.4 is 4.74 Å². The second-order valence-electron chi connectivity index (χ2n) is 2.41. The lowest BCUT2D eigenvalue weighted by Crippen LogP contribution is -1.95. The highest BCUT2D eigenvalue weighted by Gasteiger charge is 2.03. The zero-order valence-corrected chi connectivity index (χ0v) is 7.03. The average molecular weight is 177 g/mol. The van der Waals surface area contributed by atoms with E-state index in [1.54, 1.807) is 18.2 Å². The van der Waals surface area contributed by atoms with Gasteiger partial charge >= 0.3 is 5.97 Å². The largest absolute Gasteiger partial charge is 0.490 e. The first-order valence-corrected chi connectivity index (χ1v) is 3.79. The van der Waals surface area contributed by atoms with Crippen molar-refractivity contribution in [1.82, 2.24) is 0 Å². The van der Waals surface area contributed by atoms with E-state index in [1.807, 2.05) is 0 Å². The molecule has 0 aliphatic heterocycles. The predicted octanol–water partition coefficient (Wildman–Crippen LogP) is 1.82. The summed E-state index contributed by atoms with van der Waals surface area (Å²) in [4.78, 5) is 10.4. The molecule has 0 saturated carbocycles. The van der Waals surface area contributed by atoms with E-state index in [2.05, 4.69) is 6.58 Å². The Labute approximate surface area is 76.3 Å². The van der Waals surface area contributed by atoms with Crippen molar-refractivity contribution in [2.45, 2.75) is 0 Å². The molecular formula is C10H9O3. The monoisotopic (exact) mass is 177 g/mol. The summed E-state index contributed by atoms with van der Waals surface area (Å²) in [6.45, 7) is 3.90. The van der Waals surface area contributed by atoms with E-state index in [4.69, 9.17) is 4.74 Å². The number of carbonyl (C=O) groups is 1. The van der Waals surface area contributed by atoms with Crippen LogP contribution in [0.25, 0.3) is 0 Å². The Hall–Kier alpha value is -1.77. The second kappa shape index (κ2) is 4.30. The van der Waals surface area contributed by atoms with Crippen molar-refractivity contribution < 1.29 is 14.6 Å². The molecule has 0 aromatic heterocycles. The summed E-state index contributed by atoms with van der Waals surface area (Å²) >= 11 is 0. The van der Waals surface area contributed by atoms with E-state index >= 15 is 0 Å². The van der Waals surface area contributed by atoms with Crippen molar-refractivity contribution in [3.8, 4) is 5.75 Å². The van der Waals surface area contributed by atoms with Crippen LogP contribution in [0.1, 0.15) is 10.4 Å². The highest BCUT2D eigenvalue weighted by atomic mass is 16.5. The second-order valence-corrected chi connectivity index (χ2v) is 2.41. The summed E-state index contributed by atoms with van der Waals surface area (Å²) in [6.07, 6.45) is 1.62. The maximum absolute atomic E-state index is 10.4. The third-order valence-corrected chi connectivity index (χ3v) is 1.46. The molecule has 0 aliphatic rings. The molecule has 0 spiro atoms. The molecule has 0 saturated heterocycles. The molecule has 1 rings (SSSR count). The topological polar surface area (TPSA) is 46.2 Å². The lowest BCUT2D eigenvalue weighted by molar-refractivity contribution is 0.0573. The van der Waals surface area contributed by atoms with Gasteiger partial charge in [-0.15, -0.1) is 0 Å². The van der Waals surface area contributed by atoms with Crippen LogP contribution in [-0.4, -0.2) is 12.6 Å². The summed E-state index contributed by atoms with van der Waals surface area (Å²) in [5.41, 5.74) is 0.144. The fourth-order valence-electron chi connectivity index (χ4n) is 0.842. The summed E-state index contributed by atoms with van der Waals surface area (Å²) < 4.78 is 5.16. The van der Waals surface area contributed by atoms with E-state index in [1.165, 1.54) is 12.1 Å². The van der Waals surface area contributed by atoms with Gasteiger partial charge < -0.3 is 4.74 Å². The fourth-order valence-corrected chi connectivity index (χ4v) is 0.842. The minimum Gasteiger partial charge on any atom is -0.490 e. The maximum atomic E-state index is 10.4. The molecule has 0 amide bonds. The van der Waals surface area contributed by atoms with E-state index in [0.717, 1.165) is 0 Å². The quantitative estimate of drug-likeness (QED) is 0.658. The van der Waals surface area contributed by atoms with Crippen molar-refractivity contribution >= 4 is 5.97 Å². The molecule has 0 N–H and O–H groups in total. The lowest BCUT2D eigenvalue weighted by atomic mass is 10.2. The molecule has 13 heavy (non-hydrogen) atoms. The van der Waals surface area contributed by atoms with Crippen LogP contribution >= 0.6 is 0 Å². The summed E-state index contributed by atoms with van der Waals surface area (Å²) in [5.74, 6) is -0.569. The van der Waals surface area contributed by atoms with Gasteiger partial charge in [0.1, 0.15) is 12.4 Å². The molecular weight excluding hydrogens is 168 g/mol. The molecule has 0 heterocycles. The lowest BCUT2D eigenvalue weighted by Gasteiger charge is -2.01. The van der Waals surface area contributed by atoms with Crippen LogP contribution in [0.4, 0.5) is 0 Å². The van der Waals surface area contributed by atoms with Crippen LogP contribution in [-0.2, 0) is 5.11 Å². The smallest absolute Gasteiger partial charge is 0.386 e. The standard InChI is InChI=1S/C10H9O3/c1-2-7-13-9-5-3-8(4-6-9)10(11)12/h2-6H,1,7H2. The van der Waals surface area contributed by atoms with Gasteiger partial charge in [0.15, 0.2) is 0 Å². The highest BCUT2D eigenvalue weighted by Crippen LogP contribution is 2.11. The van der Waals surface area contributed by atoms with E-state index in [-0.39, 0.29) is 5.56 Å². The molecule has 1 aromatic rings. The number of rotatable bonds is 4. The first-order chi connectivity index (χ1) is 6.24. The van der Waals surface area contributed by atoms with Crippen molar-refractivity contribution in [3.63, 3.8) is 0 Å². The van der Waals surface area contributed by atoms with Gasteiger partial charge in [0, 0.05) is 0 Å².